The molecule has 1 amide bonds. The summed E-state index contributed by atoms with van der Waals surface area (Å²) in [4.78, 5) is 38.8. The Balaban J connectivity index is 1.89. The number of anilines is 1. The number of halogens is 1. The van der Waals surface area contributed by atoms with Crippen LogP contribution in [0.25, 0.3) is 0 Å². The molecule has 0 radical (unpaired) electrons. The zero-order valence-corrected chi connectivity index (χ0v) is 18.3. The van der Waals surface area contributed by atoms with Gasteiger partial charge in [0.05, 0.1) is 10.6 Å². The molecule has 2 aliphatic rings. The van der Waals surface area contributed by atoms with E-state index in [-0.39, 0.29) is 35.1 Å². The van der Waals surface area contributed by atoms with Crippen molar-refractivity contribution in [1.82, 2.24) is 0 Å². The van der Waals surface area contributed by atoms with Crippen LogP contribution in [-0.4, -0.2) is 16.6 Å². The Morgan fingerprint density at radius 1 is 1.10 bits per heavy atom. The third-order valence-corrected chi connectivity index (χ3v) is 6.24. The summed E-state index contributed by atoms with van der Waals surface area (Å²) in [6.07, 6.45) is 1.11. The van der Waals surface area contributed by atoms with E-state index in [2.05, 4.69) is 15.9 Å². The van der Waals surface area contributed by atoms with E-state index in [1.807, 2.05) is 38.1 Å². The Bertz CT molecular complexity index is 1090. The second-order valence-electron chi connectivity index (χ2n) is 8.62. The van der Waals surface area contributed by atoms with Crippen LogP contribution in [0.15, 0.2) is 64.3 Å². The highest BCUT2D eigenvalue weighted by atomic mass is 79.9. The number of non-ortho nitro benzene ring substituents is 1. The van der Waals surface area contributed by atoms with Gasteiger partial charge in [0.25, 0.3) is 5.69 Å². The second kappa shape index (κ2) is 7.47. The number of carbonyl (C=O) groups is 2. The van der Waals surface area contributed by atoms with E-state index < -0.39 is 4.92 Å². The van der Waals surface area contributed by atoms with E-state index in [0.29, 0.717) is 29.8 Å². The van der Waals surface area contributed by atoms with Gasteiger partial charge in [-0.2, -0.15) is 0 Å². The molecule has 1 atom stereocenters. The third kappa shape index (κ3) is 3.69. The van der Waals surface area contributed by atoms with Gasteiger partial charge in [-0.1, -0.05) is 48.0 Å². The Morgan fingerprint density at radius 3 is 2.47 bits per heavy atom. The fourth-order valence-corrected chi connectivity index (χ4v) is 4.70. The summed E-state index contributed by atoms with van der Waals surface area (Å²) in [6.45, 7) is 4.02. The molecule has 0 aromatic heterocycles. The number of carbonyl (C=O) groups excluding carboxylic acids is 2. The van der Waals surface area contributed by atoms with Crippen molar-refractivity contribution in [1.29, 1.82) is 0 Å². The fraction of sp³-hybridized carbons (Fsp3) is 0.304. The predicted molar refractivity (Wildman–Crippen MR) is 117 cm³/mol. The first-order valence-corrected chi connectivity index (χ1v) is 10.5. The van der Waals surface area contributed by atoms with Crippen LogP contribution in [0.2, 0.25) is 0 Å². The molecular formula is C23H21BrN2O4. The number of benzene rings is 2. The lowest BCUT2D eigenvalue weighted by molar-refractivity contribution is -0.384. The standard InChI is InChI=1S/C23H21BrN2O4/c1-23(2)12-19-22(20(27)13-23)18(14-6-8-15(24)9-7-14)11-21(28)25(19)16-4-3-5-17(10-16)26(29)30/h3-10,18H,11-13H2,1-2H3. The number of hydrogen-bond acceptors (Lipinski definition) is 4. The van der Waals surface area contributed by atoms with Gasteiger partial charge in [0.15, 0.2) is 5.78 Å². The van der Waals surface area contributed by atoms with Gasteiger partial charge in [-0.05, 0) is 35.6 Å². The molecule has 2 aromatic rings. The molecule has 4 rings (SSSR count). The van der Waals surface area contributed by atoms with Gasteiger partial charge >= 0.3 is 0 Å². The Morgan fingerprint density at radius 2 is 1.80 bits per heavy atom. The largest absolute Gasteiger partial charge is 0.294 e. The number of ketones is 1. The Labute approximate surface area is 182 Å². The zero-order valence-electron chi connectivity index (χ0n) is 16.7. The number of nitro benzene ring substituents is 1. The van der Waals surface area contributed by atoms with Crippen LogP contribution in [0, 0.1) is 15.5 Å². The van der Waals surface area contributed by atoms with Crippen LogP contribution >= 0.6 is 15.9 Å². The Hall–Kier alpha value is -2.80. The van der Waals surface area contributed by atoms with Gasteiger partial charge < -0.3 is 0 Å². The van der Waals surface area contributed by atoms with E-state index >= 15 is 0 Å². The quantitative estimate of drug-likeness (QED) is 0.438. The monoisotopic (exact) mass is 468 g/mol. The van der Waals surface area contributed by atoms with E-state index in [1.54, 1.807) is 12.1 Å². The highest BCUT2D eigenvalue weighted by molar-refractivity contribution is 9.10. The summed E-state index contributed by atoms with van der Waals surface area (Å²) in [5, 5.41) is 11.3. The van der Waals surface area contributed by atoms with E-state index in [4.69, 9.17) is 0 Å². The lowest BCUT2D eigenvalue weighted by atomic mass is 9.69. The molecule has 30 heavy (non-hydrogen) atoms. The van der Waals surface area contributed by atoms with E-state index in [1.165, 1.54) is 17.0 Å². The van der Waals surface area contributed by atoms with Gasteiger partial charge in [0.2, 0.25) is 5.91 Å². The minimum Gasteiger partial charge on any atom is -0.294 e. The van der Waals surface area contributed by atoms with Crippen molar-refractivity contribution < 1.29 is 14.5 Å². The summed E-state index contributed by atoms with van der Waals surface area (Å²) in [6, 6.07) is 13.7. The molecule has 1 unspecified atom stereocenters. The summed E-state index contributed by atoms with van der Waals surface area (Å²) in [5.41, 5.74) is 2.30. The van der Waals surface area contributed by atoms with Crippen molar-refractivity contribution in [3.8, 4) is 0 Å². The fourth-order valence-electron chi connectivity index (χ4n) is 4.44. The normalized spacial score (nSPS) is 20.9. The SMILES string of the molecule is CC1(C)CC(=O)C2=C(C1)N(c1cccc([N+](=O)[O-])c1)C(=O)CC2c1ccc(Br)cc1. The smallest absolute Gasteiger partial charge is 0.271 e. The predicted octanol–water partition coefficient (Wildman–Crippen LogP) is 5.52. The molecule has 6 nitrogen and oxygen atoms in total. The third-order valence-electron chi connectivity index (χ3n) is 5.71. The lowest BCUT2D eigenvalue weighted by Crippen LogP contribution is -2.43. The summed E-state index contributed by atoms with van der Waals surface area (Å²) in [7, 11) is 0. The van der Waals surface area contributed by atoms with Gasteiger partial charge in [0, 0.05) is 46.6 Å². The maximum absolute atomic E-state index is 13.3. The molecule has 0 saturated carbocycles. The molecule has 0 N–H and O–H groups in total. The first-order valence-electron chi connectivity index (χ1n) is 9.75. The number of hydrogen-bond donors (Lipinski definition) is 0. The molecule has 1 aliphatic carbocycles. The number of amides is 1. The number of nitrogens with zero attached hydrogens (tertiary/aromatic N) is 2. The highest BCUT2D eigenvalue weighted by Gasteiger charge is 2.44. The minimum atomic E-state index is -0.478. The number of Topliss-reactive ketones (excluding diaryl/α,β-unsaturated/α-hetero) is 1. The van der Waals surface area contributed by atoms with Gasteiger partial charge in [-0.3, -0.25) is 24.6 Å². The van der Waals surface area contributed by atoms with E-state index in [0.717, 1.165) is 10.0 Å². The number of allylic oxidation sites excluding steroid dienone is 2. The van der Waals surface area contributed by atoms with Gasteiger partial charge in [-0.25, -0.2) is 0 Å². The number of rotatable bonds is 3. The van der Waals surface area contributed by atoms with E-state index in [9.17, 15) is 19.7 Å². The van der Waals surface area contributed by atoms with Crippen LogP contribution in [0.1, 0.15) is 44.6 Å². The van der Waals surface area contributed by atoms with Gasteiger partial charge in [0.1, 0.15) is 0 Å². The average molecular weight is 469 g/mol. The van der Waals surface area contributed by atoms with Crippen molar-refractivity contribution in [3.05, 3.63) is 80.0 Å². The topological polar surface area (TPSA) is 80.5 Å². The maximum atomic E-state index is 13.3. The molecule has 7 heteroatoms. The van der Waals surface area contributed by atoms with Crippen molar-refractivity contribution in [2.75, 3.05) is 4.90 Å². The second-order valence-corrected chi connectivity index (χ2v) is 9.53. The first kappa shape index (κ1) is 20.5. The molecular weight excluding hydrogens is 448 g/mol. The number of nitro groups is 1. The van der Waals surface area contributed by atoms with Gasteiger partial charge in [-0.15, -0.1) is 0 Å². The maximum Gasteiger partial charge on any atom is 0.271 e. The molecule has 2 aromatic carbocycles. The van der Waals surface area contributed by atoms with Crippen LogP contribution in [0.4, 0.5) is 11.4 Å². The molecule has 1 heterocycles. The average Bonchev–Trinajstić information content (AvgIpc) is 2.67. The zero-order chi connectivity index (χ0) is 21.6. The van der Waals surface area contributed by atoms with Crippen LogP contribution in [0.5, 0.6) is 0 Å². The molecule has 0 bridgehead atoms. The van der Waals surface area contributed by atoms with Crippen LogP contribution in [0.3, 0.4) is 0 Å². The van der Waals surface area contributed by atoms with Crippen molar-refractivity contribution in [3.63, 3.8) is 0 Å². The van der Waals surface area contributed by atoms with Crippen molar-refractivity contribution in [2.24, 2.45) is 5.41 Å². The van der Waals surface area contributed by atoms with Crippen molar-refractivity contribution >= 4 is 39.0 Å². The van der Waals surface area contributed by atoms with Crippen LogP contribution < -0.4 is 4.90 Å². The highest BCUT2D eigenvalue weighted by Crippen LogP contribution is 2.48. The van der Waals surface area contributed by atoms with Crippen LogP contribution in [-0.2, 0) is 9.59 Å². The van der Waals surface area contributed by atoms with Crippen molar-refractivity contribution in [2.45, 2.75) is 39.0 Å². The molecule has 0 fully saturated rings. The minimum absolute atomic E-state index is 0.0390. The molecule has 1 aliphatic heterocycles. The first-order chi connectivity index (χ1) is 14.2. The molecule has 0 spiro atoms. The summed E-state index contributed by atoms with van der Waals surface area (Å²) in [5.74, 6) is -0.427. The summed E-state index contributed by atoms with van der Waals surface area (Å²) >= 11 is 3.43. The molecule has 0 saturated heterocycles. The lowest BCUT2D eigenvalue weighted by Gasteiger charge is -2.42. The Kier molecular flexibility index (Phi) is 5.10. The summed E-state index contributed by atoms with van der Waals surface area (Å²) < 4.78 is 0.928. The molecule has 154 valence electrons.